The number of nitrogens with one attached hydrogen (secondary N) is 2. The van der Waals surface area contributed by atoms with Crippen molar-refractivity contribution in [3.63, 3.8) is 0 Å². The fourth-order valence-corrected chi connectivity index (χ4v) is 4.24. The number of fused-ring (bicyclic) bond motifs is 2. The van der Waals surface area contributed by atoms with Crippen LogP contribution in [0, 0.1) is 0 Å². The first kappa shape index (κ1) is 22.5. The van der Waals surface area contributed by atoms with E-state index in [0.29, 0.717) is 5.82 Å². The fraction of sp³-hybridized carbons (Fsp3) is 0.222. The number of ketones is 1. The van der Waals surface area contributed by atoms with Crippen molar-refractivity contribution < 1.29 is 24.2 Å². The lowest BCUT2D eigenvalue weighted by Crippen LogP contribution is -2.36. The summed E-state index contributed by atoms with van der Waals surface area (Å²) in [6, 6.07) is 19.5. The Balaban J connectivity index is 1.34. The van der Waals surface area contributed by atoms with Crippen LogP contribution in [0.15, 0.2) is 66.7 Å². The molecule has 1 aliphatic heterocycles. The molecule has 5 rings (SSSR count). The van der Waals surface area contributed by atoms with E-state index in [2.05, 4.69) is 15.3 Å². The maximum absolute atomic E-state index is 12.9. The number of imidazole rings is 1. The third-order valence-electron chi connectivity index (χ3n) is 5.80. The molecule has 0 fully saturated rings. The molecule has 35 heavy (non-hydrogen) atoms. The number of benzene rings is 3. The van der Waals surface area contributed by atoms with Gasteiger partial charge in [0.1, 0.15) is 40.3 Å². The van der Waals surface area contributed by atoms with Gasteiger partial charge >= 0.3 is 0 Å². The molecular formula is C27H25N3O5. The molecule has 0 radical (unpaired) electrons. The monoisotopic (exact) mass is 471 g/mol. The lowest BCUT2D eigenvalue weighted by atomic mass is 9.92. The molecule has 3 aromatic carbocycles. The summed E-state index contributed by atoms with van der Waals surface area (Å²) in [5.41, 5.74) is 1.98. The number of para-hydroxylation sites is 2. The van der Waals surface area contributed by atoms with Gasteiger partial charge in [0.2, 0.25) is 0 Å². The van der Waals surface area contributed by atoms with Gasteiger partial charge in [-0.1, -0.05) is 42.5 Å². The second-order valence-corrected chi connectivity index (χ2v) is 9.12. The number of amides is 1. The SMILES string of the molecule is CC1(C)CC(=O)c2c(O)cc(OCC(=O)N[C@@H](c3ccccc3)c3nc4ccccc4[nH]3)cc2O1. The quantitative estimate of drug-likeness (QED) is 0.387. The molecule has 178 valence electrons. The smallest absolute Gasteiger partial charge is 0.258 e. The molecule has 3 N–H and O–H groups in total. The molecule has 1 aliphatic rings. The van der Waals surface area contributed by atoms with Gasteiger partial charge in [0.05, 0.1) is 17.5 Å². The molecule has 4 aromatic rings. The highest BCUT2D eigenvalue weighted by Gasteiger charge is 2.35. The van der Waals surface area contributed by atoms with Gasteiger partial charge in [-0.2, -0.15) is 0 Å². The molecule has 0 spiro atoms. The first-order chi connectivity index (χ1) is 16.8. The van der Waals surface area contributed by atoms with Gasteiger partial charge in [0.25, 0.3) is 5.91 Å². The van der Waals surface area contributed by atoms with Gasteiger partial charge in [-0.15, -0.1) is 0 Å². The molecule has 8 nitrogen and oxygen atoms in total. The zero-order valence-electron chi connectivity index (χ0n) is 19.4. The van der Waals surface area contributed by atoms with Crippen LogP contribution in [0.3, 0.4) is 0 Å². The normalized spacial score (nSPS) is 15.2. The molecule has 8 heteroatoms. The Hall–Kier alpha value is -4.33. The summed E-state index contributed by atoms with van der Waals surface area (Å²) >= 11 is 0. The Morgan fingerprint density at radius 2 is 1.91 bits per heavy atom. The van der Waals surface area contributed by atoms with Gasteiger partial charge in [0.15, 0.2) is 12.4 Å². The summed E-state index contributed by atoms with van der Waals surface area (Å²) in [4.78, 5) is 33.2. The van der Waals surface area contributed by atoms with Crippen LogP contribution in [0.2, 0.25) is 0 Å². The topological polar surface area (TPSA) is 114 Å². The first-order valence-electron chi connectivity index (χ1n) is 11.3. The third kappa shape index (κ3) is 4.68. The minimum absolute atomic E-state index is 0.134. The number of Topliss-reactive ketones (excluding diaryl/α,β-unsaturated/α-hetero) is 1. The minimum atomic E-state index is -0.692. The zero-order chi connectivity index (χ0) is 24.6. The first-order valence-corrected chi connectivity index (χ1v) is 11.3. The molecule has 1 aromatic heterocycles. The van der Waals surface area contributed by atoms with Crippen LogP contribution < -0.4 is 14.8 Å². The third-order valence-corrected chi connectivity index (χ3v) is 5.80. The highest BCUT2D eigenvalue weighted by Crippen LogP contribution is 2.40. The summed E-state index contributed by atoms with van der Waals surface area (Å²) in [6.45, 7) is 3.29. The van der Waals surface area contributed by atoms with Gasteiger partial charge in [-0.3, -0.25) is 9.59 Å². The molecule has 0 saturated heterocycles. The van der Waals surface area contributed by atoms with E-state index < -0.39 is 11.6 Å². The van der Waals surface area contributed by atoms with Crippen LogP contribution >= 0.6 is 0 Å². The minimum Gasteiger partial charge on any atom is -0.507 e. The van der Waals surface area contributed by atoms with Crippen molar-refractivity contribution in [2.24, 2.45) is 0 Å². The van der Waals surface area contributed by atoms with Crippen molar-refractivity contribution in [2.75, 3.05) is 6.61 Å². The van der Waals surface area contributed by atoms with E-state index in [1.165, 1.54) is 12.1 Å². The molecule has 0 saturated carbocycles. The van der Waals surface area contributed by atoms with Gasteiger partial charge < -0.3 is 24.9 Å². The molecule has 1 amide bonds. The van der Waals surface area contributed by atoms with Gasteiger partial charge in [-0.25, -0.2) is 4.98 Å². The number of rotatable bonds is 6. The number of H-pyrrole nitrogens is 1. The maximum Gasteiger partial charge on any atom is 0.258 e. The Morgan fingerprint density at radius 1 is 1.17 bits per heavy atom. The Labute approximate surface area is 201 Å². The second-order valence-electron chi connectivity index (χ2n) is 9.12. The maximum atomic E-state index is 12.9. The predicted octanol–water partition coefficient (Wildman–Crippen LogP) is 4.30. The van der Waals surface area contributed by atoms with Crippen molar-refractivity contribution in [1.82, 2.24) is 15.3 Å². The largest absolute Gasteiger partial charge is 0.507 e. The van der Waals surface area contributed by atoms with E-state index >= 15 is 0 Å². The van der Waals surface area contributed by atoms with Crippen LogP contribution in [0.5, 0.6) is 17.2 Å². The van der Waals surface area contributed by atoms with E-state index in [1.54, 1.807) is 13.8 Å². The van der Waals surface area contributed by atoms with E-state index in [4.69, 9.17) is 9.47 Å². The van der Waals surface area contributed by atoms with Gasteiger partial charge in [-0.05, 0) is 31.5 Å². The molecule has 1 atom stereocenters. The summed E-state index contributed by atoms with van der Waals surface area (Å²) in [6.07, 6.45) is 0.166. The van der Waals surface area contributed by atoms with Crippen LogP contribution in [0.25, 0.3) is 11.0 Å². The Bertz CT molecular complexity index is 1380. The second kappa shape index (κ2) is 8.79. The number of aromatic hydroxyl groups is 1. The van der Waals surface area contributed by atoms with Crippen LogP contribution in [-0.2, 0) is 4.79 Å². The number of aromatic amines is 1. The van der Waals surface area contributed by atoms with Crippen molar-refractivity contribution >= 4 is 22.7 Å². The number of phenolic OH excluding ortho intramolecular Hbond substituents is 1. The molecular weight excluding hydrogens is 446 g/mol. The van der Waals surface area contributed by atoms with Crippen LogP contribution in [-0.4, -0.2) is 39.0 Å². The van der Waals surface area contributed by atoms with Crippen molar-refractivity contribution in [3.05, 3.63) is 83.7 Å². The van der Waals surface area contributed by atoms with Crippen molar-refractivity contribution in [3.8, 4) is 17.2 Å². The van der Waals surface area contributed by atoms with Crippen LogP contribution in [0.1, 0.15) is 48.1 Å². The molecule has 0 unspecified atom stereocenters. The Morgan fingerprint density at radius 3 is 2.69 bits per heavy atom. The van der Waals surface area contributed by atoms with Crippen molar-refractivity contribution in [1.29, 1.82) is 0 Å². The Kier molecular flexibility index (Phi) is 5.64. The number of hydrogen-bond acceptors (Lipinski definition) is 6. The lowest BCUT2D eigenvalue weighted by molar-refractivity contribution is -0.123. The molecule has 2 heterocycles. The van der Waals surface area contributed by atoms with Crippen molar-refractivity contribution in [2.45, 2.75) is 31.9 Å². The molecule has 0 aliphatic carbocycles. The fourth-order valence-electron chi connectivity index (χ4n) is 4.24. The highest BCUT2D eigenvalue weighted by atomic mass is 16.5. The summed E-state index contributed by atoms with van der Waals surface area (Å²) in [5.74, 6) is 0.255. The number of nitrogens with zero attached hydrogens (tertiary/aromatic N) is 1. The van der Waals surface area contributed by atoms with E-state index in [1.807, 2.05) is 54.6 Å². The average Bonchev–Trinajstić information content (AvgIpc) is 3.24. The summed E-state index contributed by atoms with van der Waals surface area (Å²) in [7, 11) is 0. The number of carbonyl (C=O) groups is 2. The van der Waals surface area contributed by atoms with E-state index in [-0.39, 0.29) is 47.5 Å². The zero-order valence-corrected chi connectivity index (χ0v) is 19.4. The average molecular weight is 472 g/mol. The number of aromatic nitrogens is 2. The summed E-state index contributed by atoms with van der Waals surface area (Å²) < 4.78 is 11.5. The number of ether oxygens (including phenoxy) is 2. The standard InChI is InChI=1S/C27H25N3O5/c1-27(2)14-21(32)24-20(31)12-17(13-22(24)35-27)34-15-23(33)30-25(16-8-4-3-5-9-16)26-28-18-10-6-7-11-19(18)29-26/h3-13,25,31H,14-15H2,1-2H3,(H,28,29)(H,30,33)/t25-/m0/s1. The van der Waals surface area contributed by atoms with E-state index in [0.717, 1.165) is 16.6 Å². The predicted molar refractivity (Wildman–Crippen MR) is 130 cm³/mol. The molecule has 0 bridgehead atoms. The number of carbonyl (C=O) groups excluding carboxylic acids is 2. The number of phenols is 1. The summed E-state index contributed by atoms with van der Waals surface area (Å²) in [5, 5.41) is 13.3. The van der Waals surface area contributed by atoms with E-state index in [9.17, 15) is 14.7 Å². The number of hydrogen-bond donors (Lipinski definition) is 3. The van der Waals surface area contributed by atoms with Gasteiger partial charge in [0, 0.05) is 12.1 Å². The van der Waals surface area contributed by atoms with Crippen LogP contribution in [0.4, 0.5) is 0 Å². The lowest BCUT2D eigenvalue weighted by Gasteiger charge is -2.32. The highest BCUT2D eigenvalue weighted by molar-refractivity contribution is 6.03.